The summed E-state index contributed by atoms with van der Waals surface area (Å²) in [5, 5.41) is 3.27. The van der Waals surface area contributed by atoms with Crippen molar-refractivity contribution in [3.05, 3.63) is 0 Å². The van der Waals surface area contributed by atoms with Crippen LogP contribution in [0.15, 0.2) is 4.99 Å². The van der Waals surface area contributed by atoms with E-state index in [2.05, 4.69) is 26.1 Å². The molecule has 6 nitrogen and oxygen atoms in total. The fraction of sp³-hybridized carbons (Fsp3) is 0.938. The van der Waals surface area contributed by atoms with Crippen molar-refractivity contribution in [2.75, 3.05) is 39.0 Å². The standard InChI is InChI=1S/C16H33N3O3S/c1-8-17-14(18-11-13(22-7)15(2,3)4)19-9-10-23(20,21)16(5,6)12-19/h13H,8-12H2,1-7H3,(H,17,18). The molecule has 0 radical (unpaired) electrons. The Kier molecular flexibility index (Phi) is 6.49. The zero-order valence-electron chi connectivity index (χ0n) is 15.6. The van der Waals surface area contributed by atoms with Crippen molar-refractivity contribution in [3.63, 3.8) is 0 Å². The number of hydrogen-bond donors (Lipinski definition) is 1. The summed E-state index contributed by atoms with van der Waals surface area (Å²) in [5.74, 6) is 0.930. The van der Waals surface area contributed by atoms with Crippen molar-refractivity contribution >= 4 is 15.8 Å². The van der Waals surface area contributed by atoms with E-state index in [1.807, 2.05) is 11.8 Å². The molecule has 1 fully saturated rings. The Morgan fingerprint density at radius 1 is 1.39 bits per heavy atom. The summed E-state index contributed by atoms with van der Waals surface area (Å²) in [6.45, 7) is 14.2. The molecule has 0 amide bonds. The van der Waals surface area contributed by atoms with Gasteiger partial charge in [-0.05, 0) is 26.2 Å². The van der Waals surface area contributed by atoms with Gasteiger partial charge in [-0.2, -0.15) is 0 Å². The second-order valence-corrected chi connectivity index (χ2v) is 10.5. The highest BCUT2D eigenvalue weighted by Crippen LogP contribution is 2.24. The molecule has 1 atom stereocenters. The molecule has 0 aromatic rings. The van der Waals surface area contributed by atoms with Gasteiger partial charge in [0.15, 0.2) is 15.8 Å². The van der Waals surface area contributed by atoms with Gasteiger partial charge < -0.3 is 15.0 Å². The Hall–Kier alpha value is -0.820. The van der Waals surface area contributed by atoms with Crippen molar-refractivity contribution in [3.8, 4) is 0 Å². The monoisotopic (exact) mass is 347 g/mol. The average molecular weight is 348 g/mol. The SMILES string of the molecule is CCNC(=NCC(OC)C(C)(C)C)N1CCS(=O)(=O)C(C)(C)C1. The predicted molar refractivity (Wildman–Crippen MR) is 95.7 cm³/mol. The van der Waals surface area contributed by atoms with Crippen LogP contribution < -0.4 is 5.32 Å². The number of nitrogens with one attached hydrogen (secondary N) is 1. The zero-order valence-corrected chi connectivity index (χ0v) is 16.5. The number of nitrogens with zero attached hydrogens (tertiary/aromatic N) is 2. The van der Waals surface area contributed by atoms with Crippen LogP contribution in [-0.4, -0.2) is 69.2 Å². The van der Waals surface area contributed by atoms with E-state index >= 15 is 0 Å². The molecule has 0 aromatic heterocycles. The molecule has 1 saturated heterocycles. The highest BCUT2D eigenvalue weighted by Gasteiger charge is 2.41. The minimum Gasteiger partial charge on any atom is -0.379 e. The molecular weight excluding hydrogens is 314 g/mol. The van der Waals surface area contributed by atoms with Gasteiger partial charge in [0.2, 0.25) is 0 Å². The van der Waals surface area contributed by atoms with Gasteiger partial charge in [-0.3, -0.25) is 4.99 Å². The summed E-state index contributed by atoms with van der Waals surface area (Å²) in [7, 11) is -1.35. The van der Waals surface area contributed by atoms with E-state index in [0.717, 1.165) is 12.5 Å². The normalized spacial score (nSPS) is 22.7. The number of methoxy groups -OCH3 is 1. The first-order valence-corrected chi connectivity index (χ1v) is 9.88. The quantitative estimate of drug-likeness (QED) is 0.617. The Morgan fingerprint density at radius 2 is 2.00 bits per heavy atom. The van der Waals surface area contributed by atoms with Crippen LogP contribution in [0.2, 0.25) is 0 Å². The average Bonchev–Trinajstić information content (AvgIpc) is 2.40. The second kappa shape index (κ2) is 7.38. The molecule has 0 aromatic carbocycles. The van der Waals surface area contributed by atoms with E-state index in [9.17, 15) is 8.42 Å². The fourth-order valence-corrected chi connectivity index (χ4v) is 3.99. The minimum atomic E-state index is -3.05. The maximum absolute atomic E-state index is 12.2. The largest absolute Gasteiger partial charge is 0.379 e. The van der Waals surface area contributed by atoms with Crippen molar-refractivity contribution in [1.82, 2.24) is 10.2 Å². The number of sulfone groups is 1. The maximum Gasteiger partial charge on any atom is 0.194 e. The second-order valence-electron chi connectivity index (χ2n) is 7.79. The van der Waals surface area contributed by atoms with Gasteiger partial charge in [0.1, 0.15) is 0 Å². The van der Waals surface area contributed by atoms with Gasteiger partial charge in [-0.25, -0.2) is 8.42 Å². The Bertz CT molecular complexity index is 521. The van der Waals surface area contributed by atoms with Crippen LogP contribution in [0.3, 0.4) is 0 Å². The van der Waals surface area contributed by atoms with Gasteiger partial charge in [-0.15, -0.1) is 0 Å². The fourth-order valence-electron chi connectivity index (χ4n) is 2.62. The first-order valence-electron chi connectivity index (χ1n) is 8.23. The van der Waals surface area contributed by atoms with E-state index in [4.69, 9.17) is 9.73 Å². The van der Waals surface area contributed by atoms with Crippen molar-refractivity contribution in [2.24, 2.45) is 10.4 Å². The van der Waals surface area contributed by atoms with E-state index in [-0.39, 0.29) is 17.3 Å². The highest BCUT2D eigenvalue weighted by atomic mass is 32.2. The smallest absolute Gasteiger partial charge is 0.194 e. The van der Waals surface area contributed by atoms with E-state index in [0.29, 0.717) is 19.6 Å². The topological polar surface area (TPSA) is 71.0 Å². The molecule has 0 aliphatic carbocycles. The summed E-state index contributed by atoms with van der Waals surface area (Å²) in [6.07, 6.45) is 0.0117. The number of guanidine groups is 1. The van der Waals surface area contributed by atoms with Crippen LogP contribution in [-0.2, 0) is 14.6 Å². The van der Waals surface area contributed by atoms with Gasteiger partial charge in [0.25, 0.3) is 0 Å². The predicted octanol–water partition coefficient (Wildman–Crippen LogP) is 1.52. The Balaban J connectivity index is 2.92. The molecule has 7 heteroatoms. The number of aliphatic imine (C=N–C) groups is 1. The van der Waals surface area contributed by atoms with E-state index in [1.54, 1.807) is 21.0 Å². The van der Waals surface area contributed by atoms with Crippen LogP contribution in [0.1, 0.15) is 41.5 Å². The zero-order chi connectivity index (χ0) is 17.9. The first-order chi connectivity index (χ1) is 10.4. The summed E-state index contributed by atoms with van der Waals surface area (Å²) >= 11 is 0. The van der Waals surface area contributed by atoms with Gasteiger partial charge in [-0.1, -0.05) is 20.8 Å². The number of hydrogen-bond acceptors (Lipinski definition) is 4. The van der Waals surface area contributed by atoms with Crippen molar-refractivity contribution in [1.29, 1.82) is 0 Å². The van der Waals surface area contributed by atoms with E-state index < -0.39 is 14.6 Å². The minimum absolute atomic E-state index is 0.0000823. The molecule has 23 heavy (non-hydrogen) atoms. The van der Waals surface area contributed by atoms with Crippen LogP contribution in [0.5, 0.6) is 0 Å². The Labute approximate surface area is 141 Å². The Morgan fingerprint density at radius 3 is 2.43 bits per heavy atom. The summed E-state index contributed by atoms with van der Waals surface area (Å²) in [5.41, 5.74) is 0.0000823. The molecule has 1 unspecified atom stereocenters. The lowest BCUT2D eigenvalue weighted by molar-refractivity contribution is 0.0239. The number of ether oxygens (including phenoxy) is 1. The third kappa shape index (κ3) is 5.08. The van der Waals surface area contributed by atoms with Crippen LogP contribution >= 0.6 is 0 Å². The van der Waals surface area contributed by atoms with Crippen LogP contribution in [0, 0.1) is 5.41 Å². The molecule has 0 saturated carbocycles. The third-order valence-corrected chi connectivity index (χ3v) is 6.87. The molecule has 136 valence electrons. The molecule has 1 aliphatic rings. The lowest BCUT2D eigenvalue weighted by atomic mass is 9.89. The van der Waals surface area contributed by atoms with Crippen molar-refractivity contribution in [2.45, 2.75) is 52.4 Å². The summed E-state index contributed by atoms with van der Waals surface area (Å²) in [6, 6.07) is 0. The van der Waals surface area contributed by atoms with E-state index in [1.165, 1.54) is 0 Å². The molecule has 1 heterocycles. The summed E-state index contributed by atoms with van der Waals surface area (Å²) < 4.78 is 29.1. The first kappa shape index (κ1) is 20.2. The number of rotatable bonds is 4. The maximum atomic E-state index is 12.2. The highest BCUT2D eigenvalue weighted by molar-refractivity contribution is 7.92. The van der Waals surface area contributed by atoms with Crippen LogP contribution in [0.4, 0.5) is 0 Å². The molecule has 0 spiro atoms. The molecular formula is C16H33N3O3S. The molecule has 1 rings (SSSR count). The van der Waals surface area contributed by atoms with Gasteiger partial charge in [0, 0.05) is 26.7 Å². The molecule has 0 bridgehead atoms. The van der Waals surface area contributed by atoms with Gasteiger partial charge in [0.05, 0.1) is 23.1 Å². The lowest BCUT2D eigenvalue weighted by Gasteiger charge is -2.39. The summed E-state index contributed by atoms with van der Waals surface area (Å²) in [4.78, 5) is 6.74. The van der Waals surface area contributed by atoms with Crippen molar-refractivity contribution < 1.29 is 13.2 Å². The molecule has 1 N–H and O–H groups in total. The molecule has 1 aliphatic heterocycles. The third-order valence-electron chi connectivity index (χ3n) is 4.34. The van der Waals surface area contributed by atoms with Gasteiger partial charge >= 0.3 is 0 Å². The van der Waals surface area contributed by atoms with Crippen LogP contribution in [0.25, 0.3) is 0 Å². The lowest BCUT2D eigenvalue weighted by Crippen LogP contribution is -2.57.